The highest BCUT2D eigenvalue weighted by Gasteiger charge is 2.09. The highest BCUT2D eigenvalue weighted by molar-refractivity contribution is 14.0. The number of hydrogen-bond donors (Lipinski definition) is 2. The lowest BCUT2D eigenvalue weighted by Gasteiger charge is -2.09. The Morgan fingerprint density at radius 3 is 2.84 bits per heavy atom. The van der Waals surface area contributed by atoms with Crippen molar-refractivity contribution >= 4 is 41.5 Å². The standard InChI is InChI=1S/C17H24ClN5O.HI/c1-3-5-10-20-17(19-4-2)21-11-9-15-22-16(23-24-15)13-7-6-8-14(18)12-13;/h6-8,12H,3-5,9-11H2,1-2H3,(H2,19,20,21);1H. The fourth-order valence-corrected chi connectivity index (χ4v) is 2.27. The molecule has 0 aliphatic heterocycles. The number of rotatable bonds is 8. The van der Waals surface area contributed by atoms with Crippen LogP contribution in [0.4, 0.5) is 0 Å². The van der Waals surface area contributed by atoms with Crippen molar-refractivity contribution in [1.29, 1.82) is 0 Å². The van der Waals surface area contributed by atoms with Crippen LogP contribution in [0, 0.1) is 0 Å². The normalized spacial score (nSPS) is 11.1. The molecule has 0 saturated carbocycles. The van der Waals surface area contributed by atoms with Gasteiger partial charge in [-0.3, -0.25) is 4.99 Å². The van der Waals surface area contributed by atoms with Crippen molar-refractivity contribution in [1.82, 2.24) is 20.8 Å². The largest absolute Gasteiger partial charge is 0.357 e. The Kier molecular flexibility index (Phi) is 10.5. The van der Waals surface area contributed by atoms with Crippen LogP contribution in [0.1, 0.15) is 32.6 Å². The van der Waals surface area contributed by atoms with E-state index in [2.05, 4.69) is 32.7 Å². The van der Waals surface area contributed by atoms with E-state index in [1.165, 1.54) is 0 Å². The van der Waals surface area contributed by atoms with Crippen molar-refractivity contribution in [2.45, 2.75) is 33.1 Å². The third-order valence-electron chi connectivity index (χ3n) is 3.31. The molecule has 0 atom stereocenters. The molecule has 138 valence electrons. The van der Waals surface area contributed by atoms with E-state index >= 15 is 0 Å². The lowest BCUT2D eigenvalue weighted by Crippen LogP contribution is -2.38. The Bertz CT molecular complexity index is 662. The topological polar surface area (TPSA) is 75.3 Å². The van der Waals surface area contributed by atoms with Crippen LogP contribution >= 0.6 is 35.6 Å². The third kappa shape index (κ3) is 7.60. The van der Waals surface area contributed by atoms with Gasteiger partial charge in [0.25, 0.3) is 0 Å². The van der Waals surface area contributed by atoms with Gasteiger partial charge in [0.2, 0.25) is 11.7 Å². The fourth-order valence-electron chi connectivity index (χ4n) is 2.08. The van der Waals surface area contributed by atoms with E-state index in [9.17, 15) is 0 Å². The summed E-state index contributed by atoms with van der Waals surface area (Å²) in [7, 11) is 0. The van der Waals surface area contributed by atoms with E-state index in [4.69, 9.17) is 16.1 Å². The number of guanidine groups is 1. The minimum absolute atomic E-state index is 0. The smallest absolute Gasteiger partial charge is 0.228 e. The summed E-state index contributed by atoms with van der Waals surface area (Å²) in [5.41, 5.74) is 0.847. The van der Waals surface area contributed by atoms with Crippen LogP contribution in [0.3, 0.4) is 0 Å². The van der Waals surface area contributed by atoms with Crippen molar-refractivity contribution in [2.75, 3.05) is 19.6 Å². The van der Waals surface area contributed by atoms with Gasteiger partial charge in [-0.15, -0.1) is 24.0 Å². The molecule has 0 aliphatic rings. The minimum atomic E-state index is 0. The van der Waals surface area contributed by atoms with Gasteiger partial charge in [0.1, 0.15) is 0 Å². The van der Waals surface area contributed by atoms with Crippen molar-refractivity contribution in [2.24, 2.45) is 4.99 Å². The fraction of sp³-hybridized carbons (Fsp3) is 0.471. The van der Waals surface area contributed by atoms with E-state index in [0.717, 1.165) is 37.5 Å². The van der Waals surface area contributed by atoms with Crippen LogP contribution in [-0.2, 0) is 6.42 Å². The maximum Gasteiger partial charge on any atom is 0.228 e. The summed E-state index contributed by atoms with van der Waals surface area (Å²) in [6.07, 6.45) is 2.85. The van der Waals surface area contributed by atoms with Gasteiger partial charge in [-0.25, -0.2) is 0 Å². The lowest BCUT2D eigenvalue weighted by atomic mass is 10.2. The summed E-state index contributed by atoms with van der Waals surface area (Å²) in [6, 6.07) is 7.40. The van der Waals surface area contributed by atoms with Crippen molar-refractivity contribution in [3.63, 3.8) is 0 Å². The minimum Gasteiger partial charge on any atom is -0.357 e. The molecule has 1 aromatic heterocycles. The second-order valence-corrected chi connectivity index (χ2v) is 5.75. The molecule has 0 bridgehead atoms. The summed E-state index contributed by atoms with van der Waals surface area (Å²) in [4.78, 5) is 8.91. The quantitative estimate of drug-likeness (QED) is 0.261. The maximum absolute atomic E-state index is 5.99. The van der Waals surface area contributed by atoms with Crippen LogP contribution in [0.5, 0.6) is 0 Å². The molecular weight excluding hydrogens is 453 g/mol. The van der Waals surface area contributed by atoms with Crippen molar-refractivity contribution in [3.8, 4) is 11.4 Å². The molecule has 2 N–H and O–H groups in total. The van der Waals surface area contributed by atoms with Gasteiger partial charge in [-0.1, -0.05) is 42.2 Å². The van der Waals surface area contributed by atoms with E-state index in [1.54, 1.807) is 0 Å². The van der Waals surface area contributed by atoms with Crippen molar-refractivity contribution in [3.05, 3.63) is 35.2 Å². The molecular formula is C17H25ClIN5O. The molecule has 1 heterocycles. The number of unbranched alkanes of at least 4 members (excludes halogenated alkanes) is 1. The molecule has 1 aromatic carbocycles. The average molecular weight is 478 g/mol. The van der Waals surface area contributed by atoms with Gasteiger partial charge >= 0.3 is 0 Å². The molecule has 0 aliphatic carbocycles. The summed E-state index contributed by atoms with van der Waals surface area (Å²) in [5, 5.41) is 11.2. The van der Waals surface area contributed by atoms with Crippen LogP contribution in [-0.4, -0.2) is 35.7 Å². The number of aliphatic imine (C=N–C) groups is 1. The van der Waals surface area contributed by atoms with Gasteiger partial charge in [0.05, 0.1) is 0 Å². The molecule has 2 rings (SSSR count). The summed E-state index contributed by atoms with van der Waals surface area (Å²) < 4.78 is 5.29. The van der Waals surface area contributed by atoms with Gasteiger partial charge in [-0.2, -0.15) is 4.98 Å². The predicted octanol–water partition coefficient (Wildman–Crippen LogP) is 3.91. The lowest BCUT2D eigenvalue weighted by molar-refractivity contribution is 0.378. The first-order chi connectivity index (χ1) is 11.7. The molecule has 0 unspecified atom stereocenters. The molecule has 0 spiro atoms. The molecule has 0 amide bonds. The number of nitrogens with one attached hydrogen (secondary N) is 2. The van der Waals surface area contributed by atoms with Crippen molar-refractivity contribution < 1.29 is 4.52 Å². The molecule has 8 heteroatoms. The monoisotopic (exact) mass is 477 g/mol. The molecule has 6 nitrogen and oxygen atoms in total. The summed E-state index contributed by atoms with van der Waals surface area (Å²) in [5.74, 6) is 1.96. The van der Waals surface area contributed by atoms with Gasteiger partial charge in [-0.05, 0) is 25.5 Å². The van der Waals surface area contributed by atoms with Crippen LogP contribution in [0.2, 0.25) is 5.02 Å². The Balaban J connectivity index is 0.00000312. The zero-order valence-electron chi connectivity index (χ0n) is 14.6. The first-order valence-corrected chi connectivity index (χ1v) is 8.71. The zero-order chi connectivity index (χ0) is 17.2. The van der Waals surface area contributed by atoms with Crippen LogP contribution in [0.25, 0.3) is 11.4 Å². The number of benzene rings is 1. The van der Waals surface area contributed by atoms with E-state index in [-0.39, 0.29) is 24.0 Å². The number of hydrogen-bond acceptors (Lipinski definition) is 4. The number of halogens is 2. The van der Waals surface area contributed by atoms with Crippen LogP contribution < -0.4 is 10.6 Å². The van der Waals surface area contributed by atoms with E-state index in [1.807, 2.05) is 31.2 Å². The number of aromatic nitrogens is 2. The Labute approximate surface area is 170 Å². The molecule has 25 heavy (non-hydrogen) atoms. The van der Waals surface area contributed by atoms with Gasteiger partial charge in [0, 0.05) is 36.6 Å². The van der Waals surface area contributed by atoms with Gasteiger partial charge < -0.3 is 15.2 Å². The SMILES string of the molecule is CCCCN=C(NCC)NCCc1nc(-c2cccc(Cl)c2)no1.I. The summed E-state index contributed by atoms with van der Waals surface area (Å²) >= 11 is 5.99. The van der Waals surface area contributed by atoms with Crippen LogP contribution in [0.15, 0.2) is 33.8 Å². The number of nitrogens with zero attached hydrogens (tertiary/aromatic N) is 3. The first-order valence-electron chi connectivity index (χ1n) is 8.33. The summed E-state index contributed by atoms with van der Waals surface area (Å²) in [6.45, 7) is 6.53. The Morgan fingerprint density at radius 2 is 2.12 bits per heavy atom. The first kappa shape index (κ1) is 21.7. The highest BCUT2D eigenvalue weighted by atomic mass is 127. The molecule has 0 radical (unpaired) electrons. The third-order valence-corrected chi connectivity index (χ3v) is 3.54. The Hall–Kier alpha value is -1.35. The molecule has 0 fully saturated rings. The highest BCUT2D eigenvalue weighted by Crippen LogP contribution is 2.19. The second kappa shape index (κ2) is 12.1. The average Bonchev–Trinajstić information content (AvgIpc) is 3.04. The second-order valence-electron chi connectivity index (χ2n) is 5.31. The molecule has 0 saturated heterocycles. The maximum atomic E-state index is 5.99. The van der Waals surface area contributed by atoms with Gasteiger partial charge in [0.15, 0.2) is 5.96 Å². The predicted molar refractivity (Wildman–Crippen MR) is 113 cm³/mol. The zero-order valence-corrected chi connectivity index (χ0v) is 17.7. The Morgan fingerprint density at radius 1 is 1.28 bits per heavy atom. The van der Waals surface area contributed by atoms with E-state index < -0.39 is 0 Å². The van der Waals surface area contributed by atoms with E-state index in [0.29, 0.717) is 29.7 Å². The molecule has 2 aromatic rings.